The van der Waals surface area contributed by atoms with E-state index >= 15 is 0 Å². The molecule has 1 aliphatic rings. The minimum absolute atomic E-state index is 0.288. The summed E-state index contributed by atoms with van der Waals surface area (Å²) in [4.78, 5) is 18.7. The quantitative estimate of drug-likeness (QED) is 0.793. The highest BCUT2D eigenvalue weighted by Gasteiger charge is 2.42. The van der Waals surface area contributed by atoms with Gasteiger partial charge in [-0.2, -0.15) is 0 Å². The van der Waals surface area contributed by atoms with Crippen LogP contribution in [0.1, 0.15) is 41.6 Å². The minimum Gasteiger partial charge on any atom is -0.439 e. The summed E-state index contributed by atoms with van der Waals surface area (Å²) >= 11 is 0. The third kappa shape index (κ3) is 2.70. The van der Waals surface area contributed by atoms with Gasteiger partial charge in [-0.15, -0.1) is 0 Å². The topological polar surface area (TPSA) is 72.4 Å². The number of likely N-dealkylation sites (tertiary alicyclic amines) is 1. The molecule has 128 valence electrons. The number of primary amides is 1. The highest BCUT2D eigenvalue weighted by Crippen LogP contribution is 2.40. The summed E-state index contributed by atoms with van der Waals surface area (Å²) in [7, 11) is 0. The zero-order valence-corrected chi connectivity index (χ0v) is 14.2. The van der Waals surface area contributed by atoms with Crippen LogP contribution >= 0.6 is 0 Å². The molecule has 1 aliphatic heterocycles. The van der Waals surface area contributed by atoms with Crippen LogP contribution in [-0.4, -0.2) is 22.3 Å². The van der Waals surface area contributed by atoms with Gasteiger partial charge in [0.15, 0.2) is 5.58 Å². The van der Waals surface area contributed by atoms with Gasteiger partial charge in [-0.3, -0.25) is 9.69 Å². The van der Waals surface area contributed by atoms with E-state index in [0.717, 1.165) is 25.9 Å². The second-order valence-corrected chi connectivity index (χ2v) is 6.82. The molecule has 1 atom stereocenters. The first-order valence-corrected chi connectivity index (χ1v) is 8.57. The number of benzene rings is 2. The number of hydrogen-bond acceptors (Lipinski definition) is 4. The first kappa shape index (κ1) is 15.8. The molecule has 1 unspecified atom stereocenters. The maximum absolute atomic E-state index is 11.7. The summed E-state index contributed by atoms with van der Waals surface area (Å²) in [6.45, 7) is 4.00. The van der Waals surface area contributed by atoms with Gasteiger partial charge in [0, 0.05) is 6.54 Å². The number of fused-ring (bicyclic) bond motifs is 1. The molecule has 5 nitrogen and oxygen atoms in total. The third-order valence-electron chi connectivity index (χ3n) is 5.15. The van der Waals surface area contributed by atoms with Gasteiger partial charge in [0.2, 0.25) is 5.89 Å². The molecule has 2 aromatic carbocycles. The molecule has 1 amide bonds. The summed E-state index contributed by atoms with van der Waals surface area (Å²) in [6.07, 6.45) is 2.06. The summed E-state index contributed by atoms with van der Waals surface area (Å²) in [5.41, 5.74) is 8.02. The Morgan fingerprint density at radius 1 is 1.24 bits per heavy atom. The lowest BCUT2D eigenvalue weighted by molar-refractivity contribution is 0.100. The fraction of sp³-hybridized carbons (Fsp3) is 0.300. The highest BCUT2D eigenvalue weighted by atomic mass is 16.4. The highest BCUT2D eigenvalue weighted by molar-refractivity contribution is 6.03. The number of hydrogen-bond donors (Lipinski definition) is 1. The summed E-state index contributed by atoms with van der Waals surface area (Å²) in [5.74, 6) is 0.174. The van der Waals surface area contributed by atoms with Crippen LogP contribution in [0.15, 0.2) is 52.9 Å². The molecule has 0 bridgehead atoms. The Kier molecular flexibility index (Phi) is 3.81. The van der Waals surface area contributed by atoms with Crippen molar-refractivity contribution in [3.8, 4) is 0 Å². The molecule has 1 saturated heterocycles. The summed E-state index contributed by atoms with van der Waals surface area (Å²) in [6, 6.07) is 15.7. The van der Waals surface area contributed by atoms with Crippen LogP contribution < -0.4 is 5.73 Å². The molecule has 4 rings (SSSR count). The van der Waals surface area contributed by atoms with E-state index < -0.39 is 5.91 Å². The molecule has 1 fully saturated rings. The molecule has 5 heteroatoms. The molecule has 3 aromatic rings. The van der Waals surface area contributed by atoms with Crippen LogP contribution in [-0.2, 0) is 12.1 Å². The second-order valence-electron chi connectivity index (χ2n) is 6.82. The van der Waals surface area contributed by atoms with Crippen LogP contribution in [0.2, 0.25) is 0 Å². The van der Waals surface area contributed by atoms with Gasteiger partial charge in [0.05, 0.1) is 11.1 Å². The Morgan fingerprint density at radius 3 is 2.80 bits per heavy atom. The Morgan fingerprint density at radius 2 is 2.04 bits per heavy atom. The maximum atomic E-state index is 11.7. The van der Waals surface area contributed by atoms with Crippen molar-refractivity contribution in [3.63, 3.8) is 0 Å². The van der Waals surface area contributed by atoms with Crippen molar-refractivity contribution < 1.29 is 9.21 Å². The van der Waals surface area contributed by atoms with Crippen molar-refractivity contribution in [1.82, 2.24) is 9.88 Å². The molecule has 25 heavy (non-hydrogen) atoms. The molecule has 2 heterocycles. The first-order valence-electron chi connectivity index (χ1n) is 8.57. The molecule has 0 aliphatic carbocycles. The number of nitrogens with zero attached hydrogens (tertiary/aromatic N) is 2. The first-order chi connectivity index (χ1) is 12.1. The lowest BCUT2D eigenvalue weighted by Crippen LogP contribution is -2.38. The zero-order chi connectivity index (χ0) is 17.4. The van der Waals surface area contributed by atoms with Crippen LogP contribution in [0.4, 0.5) is 0 Å². The van der Waals surface area contributed by atoms with Crippen molar-refractivity contribution in [2.45, 2.75) is 31.8 Å². The molecule has 0 saturated carbocycles. The predicted molar refractivity (Wildman–Crippen MR) is 96.0 cm³/mol. The van der Waals surface area contributed by atoms with Crippen molar-refractivity contribution in [1.29, 1.82) is 0 Å². The standard InChI is InChI=1S/C20H21N3O2/c1-20(11-6-12-23(20)13-14-7-3-2-4-8-14)19-22-17-15(18(21)24)9-5-10-16(17)25-19/h2-5,7-10H,6,11-13H2,1H3,(H2,21,24). The SMILES string of the molecule is CC1(c2nc3c(C(N)=O)cccc3o2)CCCN1Cc1ccccc1. The maximum Gasteiger partial charge on any atom is 0.251 e. The number of carbonyl (C=O) groups excluding carboxylic acids is 1. The van der Waals surface area contributed by atoms with Crippen LogP contribution in [0, 0.1) is 0 Å². The number of nitrogens with two attached hydrogens (primary N) is 1. The Bertz CT molecular complexity index is 919. The molecule has 2 N–H and O–H groups in total. The average molecular weight is 335 g/mol. The fourth-order valence-electron chi connectivity index (χ4n) is 3.70. The van der Waals surface area contributed by atoms with Gasteiger partial charge in [-0.05, 0) is 44.0 Å². The Balaban J connectivity index is 1.73. The van der Waals surface area contributed by atoms with Crippen LogP contribution in [0.3, 0.4) is 0 Å². The van der Waals surface area contributed by atoms with Crippen molar-refractivity contribution in [2.75, 3.05) is 6.54 Å². The van der Waals surface area contributed by atoms with Crippen molar-refractivity contribution in [2.24, 2.45) is 5.73 Å². The fourth-order valence-corrected chi connectivity index (χ4v) is 3.70. The van der Waals surface area contributed by atoms with Gasteiger partial charge < -0.3 is 10.2 Å². The monoisotopic (exact) mass is 335 g/mol. The minimum atomic E-state index is -0.483. The number of aromatic nitrogens is 1. The van der Waals surface area contributed by atoms with E-state index in [9.17, 15) is 4.79 Å². The smallest absolute Gasteiger partial charge is 0.251 e. The number of oxazole rings is 1. The molecule has 0 spiro atoms. The number of rotatable bonds is 4. The summed E-state index contributed by atoms with van der Waals surface area (Å²) < 4.78 is 6.05. The number of amides is 1. The largest absolute Gasteiger partial charge is 0.439 e. The summed E-state index contributed by atoms with van der Waals surface area (Å²) in [5, 5.41) is 0. The van der Waals surface area contributed by atoms with Gasteiger partial charge in [-0.25, -0.2) is 4.98 Å². The lowest BCUT2D eigenvalue weighted by atomic mass is 9.98. The molecule has 0 radical (unpaired) electrons. The third-order valence-corrected chi connectivity index (χ3v) is 5.15. The Hall–Kier alpha value is -2.66. The van der Waals surface area contributed by atoms with Crippen molar-refractivity contribution >= 4 is 17.0 Å². The van der Waals surface area contributed by atoms with E-state index in [-0.39, 0.29) is 5.54 Å². The molecule has 1 aromatic heterocycles. The van der Waals surface area contributed by atoms with E-state index in [1.54, 1.807) is 12.1 Å². The second kappa shape index (κ2) is 6.01. The normalized spacial score (nSPS) is 21.0. The van der Waals surface area contributed by atoms with Gasteiger partial charge >= 0.3 is 0 Å². The van der Waals surface area contributed by atoms with Gasteiger partial charge in [0.1, 0.15) is 5.52 Å². The van der Waals surface area contributed by atoms with Crippen molar-refractivity contribution in [3.05, 3.63) is 65.5 Å². The van der Waals surface area contributed by atoms with Gasteiger partial charge in [-0.1, -0.05) is 36.4 Å². The van der Waals surface area contributed by atoms with Crippen LogP contribution in [0.5, 0.6) is 0 Å². The average Bonchev–Trinajstić information content (AvgIpc) is 3.20. The zero-order valence-electron chi connectivity index (χ0n) is 14.2. The number of carbonyl (C=O) groups is 1. The van der Waals surface area contributed by atoms with E-state index in [0.29, 0.717) is 22.6 Å². The van der Waals surface area contributed by atoms with E-state index in [2.05, 4.69) is 41.1 Å². The lowest BCUT2D eigenvalue weighted by Gasteiger charge is -2.32. The van der Waals surface area contributed by atoms with E-state index in [4.69, 9.17) is 10.2 Å². The molecular formula is C20H21N3O2. The van der Waals surface area contributed by atoms with Gasteiger partial charge in [0.25, 0.3) is 5.91 Å². The van der Waals surface area contributed by atoms with E-state index in [1.165, 1.54) is 5.56 Å². The number of para-hydroxylation sites is 1. The van der Waals surface area contributed by atoms with Crippen LogP contribution in [0.25, 0.3) is 11.1 Å². The predicted octanol–water partition coefficient (Wildman–Crippen LogP) is 3.44. The Labute approximate surface area is 146 Å². The van der Waals surface area contributed by atoms with E-state index in [1.807, 2.05) is 12.1 Å². The molecular weight excluding hydrogens is 314 g/mol.